The number of hydrogen-bond acceptors (Lipinski definition) is 3. The highest BCUT2D eigenvalue weighted by Gasteiger charge is 2.07. The summed E-state index contributed by atoms with van der Waals surface area (Å²) in [4.78, 5) is 15.9. The van der Waals surface area contributed by atoms with Gasteiger partial charge < -0.3 is 8.98 Å². The largest absolute Gasteiger partial charge is 0.444 e. The van der Waals surface area contributed by atoms with Crippen LogP contribution in [0.1, 0.15) is 5.69 Å². The molecule has 5 heteroatoms. The minimum Gasteiger partial charge on any atom is -0.444 e. The van der Waals surface area contributed by atoms with E-state index in [1.165, 1.54) is 29.0 Å². The van der Waals surface area contributed by atoms with Gasteiger partial charge in [0, 0.05) is 17.8 Å². The van der Waals surface area contributed by atoms with Gasteiger partial charge in [0.2, 0.25) is 5.89 Å². The van der Waals surface area contributed by atoms with Crippen molar-refractivity contribution in [1.29, 1.82) is 0 Å². The minimum atomic E-state index is -0.309. The molecule has 20 heavy (non-hydrogen) atoms. The molecule has 3 aromatic rings. The van der Waals surface area contributed by atoms with E-state index in [0.717, 1.165) is 0 Å². The first kappa shape index (κ1) is 12.3. The summed E-state index contributed by atoms with van der Waals surface area (Å²) in [6, 6.07) is 10.8. The van der Waals surface area contributed by atoms with Crippen molar-refractivity contribution in [2.75, 3.05) is 0 Å². The van der Waals surface area contributed by atoms with Crippen molar-refractivity contribution in [1.82, 2.24) is 9.55 Å². The number of hydrogen-bond donors (Lipinski definition) is 0. The Hall–Kier alpha value is -2.69. The van der Waals surface area contributed by atoms with E-state index < -0.39 is 0 Å². The van der Waals surface area contributed by atoms with Gasteiger partial charge in [-0.15, -0.1) is 0 Å². The highest BCUT2D eigenvalue weighted by molar-refractivity contribution is 5.52. The van der Waals surface area contributed by atoms with E-state index in [4.69, 9.17) is 4.42 Å². The second kappa shape index (κ2) is 5.13. The molecular formula is C15H11FN2O2. The number of benzene rings is 1. The Balaban J connectivity index is 1.86. The molecule has 0 aliphatic heterocycles. The summed E-state index contributed by atoms with van der Waals surface area (Å²) in [6.07, 6.45) is 3.19. The molecule has 1 aromatic carbocycles. The summed E-state index contributed by atoms with van der Waals surface area (Å²) in [5.41, 5.74) is 1.23. The molecule has 0 N–H and O–H groups in total. The van der Waals surface area contributed by atoms with Crippen molar-refractivity contribution in [2.24, 2.45) is 0 Å². The Morgan fingerprint density at radius 3 is 2.70 bits per heavy atom. The van der Waals surface area contributed by atoms with E-state index in [2.05, 4.69) is 4.98 Å². The summed E-state index contributed by atoms with van der Waals surface area (Å²) in [7, 11) is 0. The minimum absolute atomic E-state index is 0.0983. The van der Waals surface area contributed by atoms with Crippen LogP contribution in [0, 0.1) is 5.82 Å². The van der Waals surface area contributed by atoms with Crippen molar-refractivity contribution in [3.05, 3.63) is 76.8 Å². The van der Waals surface area contributed by atoms with E-state index in [1.807, 2.05) is 0 Å². The predicted molar refractivity (Wildman–Crippen MR) is 71.7 cm³/mol. The molecule has 2 aromatic heterocycles. The third kappa shape index (κ3) is 2.51. The molecule has 0 radical (unpaired) electrons. The van der Waals surface area contributed by atoms with Gasteiger partial charge in [-0.05, 0) is 30.3 Å². The molecule has 0 unspecified atom stereocenters. The number of aromatic nitrogens is 2. The molecule has 0 atom stereocenters. The molecule has 0 fully saturated rings. The molecule has 0 bridgehead atoms. The lowest BCUT2D eigenvalue weighted by molar-refractivity contribution is 0.570. The van der Waals surface area contributed by atoms with Crippen molar-refractivity contribution >= 4 is 0 Å². The van der Waals surface area contributed by atoms with Gasteiger partial charge in [0.25, 0.3) is 5.56 Å². The first-order chi connectivity index (χ1) is 9.72. The summed E-state index contributed by atoms with van der Waals surface area (Å²) < 4.78 is 19.7. The van der Waals surface area contributed by atoms with Crippen LogP contribution < -0.4 is 5.56 Å². The van der Waals surface area contributed by atoms with Gasteiger partial charge in [-0.1, -0.05) is 6.07 Å². The van der Waals surface area contributed by atoms with Gasteiger partial charge in [-0.2, -0.15) is 0 Å². The molecule has 100 valence electrons. The first-order valence-corrected chi connectivity index (χ1v) is 6.08. The van der Waals surface area contributed by atoms with E-state index >= 15 is 0 Å². The van der Waals surface area contributed by atoms with Crippen molar-refractivity contribution in [3.8, 4) is 11.5 Å². The standard InChI is InChI=1S/C15H11FN2O2/c16-12-6-4-11(5-7-12)15-17-13(10-20-15)9-18-8-2-1-3-14(18)19/h1-8,10H,9H2. The van der Waals surface area contributed by atoms with Crippen LogP contribution in [0.2, 0.25) is 0 Å². The van der Waals surface area contributed by atoms with Crippen LogP contribution in [-0.4, -0.2) is 9.55 Å². The van der Waals surface area contributed by atoms with Gasteiger partial charge in [0.15, 0.2) is 0 Å². The Morgan fingerprint density at radius 1 is 1.15 bits per heavy atom. The number of halogens is 1. The van der Waals surface area contributed by atoms with Gasteiger partial charge in [0.1, 0.15) is 12.1 Å². The molecule has 0 saturated heterocycles. The Labute approximate surface area is 114 Å². The normalized spacial score (nSPS) is 10.7. The summed E-state index contributed by atoms with van der Waals surface area (Å²) in [5, 5.41) is 0. The molecule has 2 heterocycles. The van der Waals surface area contributed by atoms with Crippen LogP contribution in [0.3, 0.4) is 0 Å². The van der Waals surface area contributed by atoms with E-state index in [-0.39, 0.29) is 11.4 Å². The summed E-state index contributed by atoms with van der Waals surface area (Å²) >= 11 is 0. The number of rotatable bonds is 3. The van der Waals surface area contributed by atoms with Crippen LogP contribution in [0.25, 0.3) is 11.5 Å². The molecule has 0 amide bonds. The van der Waals surface area contributed by atoms with Gasteiger partial charge in [0.05, 0.1) is 12.2 Å². The maximum Gasteiger partial charge on any atom is 0.250 e. The molecular weight excluding hydrogens is 259 g/mol. The number of nitrogens with zero attached hydrogens (tertiary/aromatic N) is 2. The Bertz CT molecular complexity index is 775. The van der Waals surface area contributed by atoms with Crippen LogP contribution in [-0.2, 0) is 6.54 Å². The average molecular weight is 270 g/mol. The molecule has 0 aliphatic carbocycles. The predicted octanol–water partition coefficient (Wildman–Crippen LogP) is 2.69. The SMILES string of the molecule is O=c1ccccn1Cc1coc(-c2ccc(F)cc2)n1. The van der Waals surface area contributed by atoms with Gasteiger partial charge in [-0.3, -0.25) is 4.79 Å². The molecule has 0 spiro atoms. The van der Waals surface area contributed by atoms with Gasteiger partial charge >= 0.3 is 0 Å². The third-order valence-corrected chi connectivity index (χ3v) is 2.87. The van der Waals surface area contributed by atoms with Crippen LogP contribution in [0.15, 0.2) is 64.1 Å². The van der Waals surface area contributed by atoms with E-state index in [1.54, 1.807) is 30.5 Å². The monoisotopic (exact) mass is 270 g/mol. The second-order valence-corrected chi connectivity index (χ2v) is 4.32. The second-order valence-electron chi connectivity index (χ2n) is 4.32. The van der Waals surface area contributed by atoms with Crippen LogP contribution >= 0.6 is 0 Å². The third-order valence-electron chi connectivity index (χ3n) is 2.87. The van der Waals surface area contributed by atoms with Crippen molar-refractivity contribution < 1.29 is 8.81 Å². The molecule has 0 saturated carbocycles. The first-order valence-electron chi connectivity index (χ1n) is 6.08. The zero-order valence-corrected chi connectivity index (χ0v) is 10.5. The fourth-order valence-corrected chi connectivity index (χ4v) is 1.87. The fraction of sp³-hybridized carbons (Fsp3) is 0.0667. The van der Waals surface area contributed by atoms with E-state index in [9.17, 15) is 9.18 Å². The number of pyridine rings is 1. The Kier molecular flexibility index (Phi) is 3.16. The summed E-state index contributed by atoms with van der Waals surface area (Å²) in [6.45, 7) is 0.338. The zero-order chi connectivity index (χ0) is 13.9. The maximum absolute atomic E-state index is 12.9. The van der Waals surface area contributed by atoms with Crippen LogP contribution in [0.4, 0.5) is 4.39 Å². The van der Waals surface area contributed by atoms with Crippen molar-refractivity contribution in [3.63, 3.8) is 0 Å². The average Bonchev–Trinajstić information content (AvgIpc) is 2.91. The fourth-order valence-electron chi connectivity index (χ4n) is 1.87. The zero-order valence-electron chi connectivity index (χ0n) is 10.5. The maximum atomic E-state index is 12.9. The molecule has 4 nitrogen and oxygen atoms in total. The Morgan fingerprint density at radius 2 is 1.95 bits per heavy atom. The van der Waals surface area contributed by atoms with Crippen LogP contribution in [0.5, 0.6) is 0 Å². The lowest BCUT2D eigenvalue weighted by Gasteiger charge is -2.00. The number of oxazole rings is 1. The molecule has 3 rings (SSSR count). The summed E-state index contributed by atoms with van der Waals surface area (Å²) in [5.74, 6) is 0.0975. The molecule has 0 aliphatic rings. The van der Waals surface area contributed by atoms with Gasteiger partial charge in [-0.25, -0.2) is 9.37 Å². The highest BCUT2D eigenvalue weighted by Crippen LogP contribution is 2.19. The highest BCUT2D eigenvalue weighted by atomic mass is 19.1. The topological polar surface area (TPSA) is 48.0 Å². The lowest BCUT2D eigenvalue weighted by atomic mass is 10.2. The van der Waals surface area contributed by atoms with E-state index in [0.29, 0.717) is 23.7 Å². The lowest BCUT2D eigenvalue weighted by Crippen LogP contribution is -2.18. The van der Waals surface area contributed by atoms with Crippen molar-refractivity contribution in [2.45, 2.75) is 6.54 Å². The smallest absolute Gasteiger partial charge is 0.250 e. The quantitative estimate of drug-likeness (QED) is 0.735.